The van der Waals surface area contributed by atoms with Crippen molar-refractivity contribution < 1.29 is 9.18 Å². The van der Waals surface area contributed by atoms with Gasteiger partial charge in [-0.2, -0.15) is 0 Å². The number of halogens is 1. The molecule has 23 heavy (non-hydrogen) atoms. The van der Waals surface area contributed by atoms with Gasteiger partial charge in [-0.3, -0.25) is 9.78 Å². The van der Waals surface area contributed by atoms with Crippen LogP contribution in [-0.4, -0.2) is 10.9 Å². The molecule has 4 heteroatoms. The van der Waals surface area contributed by atoms with Crippen molar-refractivity contribution in [3.8, 4) is 0 Å². The fraction of sp³-hybridized carbons (Fsp3) is 0.158. The minimum absolute atomic E-state index is 0.0774. The molecule has 0 fully saturated rings. The molecule has 1 atom stereocenters. The Morgan fingerprint density at radius 1 is 1.17 bits per heavy atom. The second-order valence-electron chi connectivity index (χ2n) is 5.62. The van der Waals surface area contributed by atoms with E-state index in [1.165, 1.54) is 12.3 Å². The topological polar surface area (TPSA) is 42.0 Å². The van der Waals surface area contributed by atoms with Gasteiger partial charge in [-0.05, 0) is 24.1 Å². The number of benzene rings is 2. The van der Waals surface area contributed by atoms with Gasteiger partial charge in [0.15, 0.2) is 0 Å². The smallest absolute Gasteiger partial charge is 0.227 e. The van der Waals surface area contributed by atoms with Gasteiger partial charge in [-0.15, -0.1) is 0 Å². The van der Waals surface area contributed by atoms with E-state index in [0.29, 0.717) is 23.0 Å². The molecule has 0 radical (unpaired) electrons. The summed E-state index contributed by atoms with van der Waals surface area (Å²) < 4.78 is 13.6. The maximum absolute atomic E-state index is 13.6. The number of hydrogen-bond acceptors (Lipinski definition) is 2. The summed E-state index contributed by atoms with van der Waals surface area (Å²) >= 11 is 0. The van der Waals surface area contributed by atoms with Gasteiger partial charge in [0.1, 0.15) is 11.3 Å². The van der Waals surface area contributed by atoms with E-state index in [1.54, 1.807) is 18.2 Å². The summed E-state index contributed by atoms with van der Waals surface area (Å²) in [5, 5.41) is 3.51. The highest BCUT2D eigenvalue weighted by Gasteiger charge is 2.14. The first-order valence-electron chi connectivity index (χ1n) is 7.52. The zero-order valence-electron chi connectivity index (χ0n) is 12.8. The van der Waals surface area contributed by atoms with E-state index in [9.17, 15) is 9.18 Å². The lowest BCUT2D eigenvalue weighted by atomic mass is 10.0. The molecule has 0 spiro atoms. The zero-order chi connectivity index (χ0) is 16.2. The number of carbonyl (C=O) groups excluding carboxylic acids is 1. The molecule has 3 nitrogen and oxygen atoms in total. The average Bonchev–Trinajstić information content (AvgIpc) is 2.56. The number of hydrogen-bond donors (Lipinski definition) is 1. The van der Waals surface area contributed by atoms with Crippen LogP contribution in [0, 0.1) is 11.7 Å². The van der Waals surface area contributed by atoms with E-state index < -0.39 is 0 Å². The number of para-hydroxylation sites is 1. The molecule has 116 valence electrons. The Morgan fingerprint density at radius 2 is 1.96 bits per heavy atom. The minimum atomic E-state index is -0.363. The summed E-state index contributed by atoms with van der Waals surface area (Å²) in [5.74, 6) is -0.607. The molecule has 0 aliphatic heterocycles. The molecule has 0 saturated heterocycles. The van der Waals surface area contributed by atoms with E-state index in [4.69, 9.17) is 0 Å². The summed E-state index contributed by atoms with van der Waals surface area (Å²) in [4.78, 5) is 16.4. The summed E-state index contributed by atoms with van der Waals surface area (Å²) in [6, 6.07) is 16.4. The second kappa shape index (κ2) is 6.57. The number of carbonyl (C=O) groups is 1. The Morgan fingerprint density at radius 3 is 2.74 bits per heavy atom. The van der Waals surface area contributed by atoms with E-state index in [1.807, 2.05) is 37.3 Å². The third-order valence-corrected chi connectivity index (χ3v) is 3.76. The fourth-order valence-corrected chi connectivity index (χ4v) is 2.52. The van der Waals surface area contributed by atoms with Crippen LogP contribution in [0.1, 0.15) is 12.5 Å². The molecule has 1 unspecified atom stereocenters. The predicted molar refractivity (Wildman–Crippen MR) is 89.6 cm³/mol. The first-order valence-corrected chi connectivity index (χ1v) is 7.52. The summed E-state index contributed by atoms with van der Waals surface area (Å²) in [6.07, 6.45) is 2.15. The van der Waals surface area contributed by atoms with Crippen LogP contribution in [0.2, 0.25) is 0 Å². The second-order valence-corrected chi connectivity index (χ2v) is 5.62. The normalized spacial score (nSPS) is 12.1. The lowest BCUT2D eigenvalue weighted by Crippen LogP contribution is -2.22. The summed E-state index contributed by atoms with van der Waals surface area (Å²) in [6.45, 7) is 1.89. The molecule has 0 aliphatic carbocycles. The Balaban J connectivity index is 1.72. The number of rotatable bonds is 4. The van der Waals surface area contributed by atoms with Crippen LogP contribution in [-0.2, 0) is 11.2 Å². The molecule has 3 aromatic rings. The number of amides is 1. The van der Waals surface area contributed by atoms with Gasteiger partial charge in [-0.25, -0.2) is 4.39 Å². The van der Waals surface area contributed by atoms with Gasteiger partial charge in [-0.1, -0.05) is 49.4 Å². The molecule has 2 aromatic carbocycles. The highest BCUT2D eigenvalue weighted by atomic mass is 19.1. The molecule has 1 N–H and O–H groups in total. The molecule has 1 aromatic heterocycles. The van der Waals surface area contributed by atoms with Crippen molar-refractivity contribution >= 4 is 22.5 Å². The summed E-state index contributed by atoms with van der Waals surface area (Å²) in [5.41, 5.74) is 2.00. The molecule has 1 heterocycles. The number of fused-ring (bicyclic) bond motifs is 1. The monoisotopic (exact) mass is 308 g/mol. The molecular weight excluding hydrogens is 291 g/mol. The third-order valence-electron chi connectivity index (χ3n) is 3.76. The molecule has 1 amide bonds. The maximum atomic E-state index is 13.6. The van der Waals surface area contributed by atoms with Gasteiger partial charge >= 0.3 is 0 Å². The van der Waals surface area contributed by atoms with Crippen molar-refractivity contribution in [2.75, 3.05) is 5.32 Å². The van der Waals surface area contributed by atoms with Crippen LogP contribution < -0.4 is 5.32 Å². The first-order chi connectivity index (χ1) is 11.1. The summed E-state index contributed by atoms with van der Waals surface area (Å²) in [7, 11) is 0. The Labute approximate surface area is 134 Å². The van der Waals surface area contributed by atoms with E-state index in [2.05, 4.69) is 10.3 Å². The molecular formula is C19H17FN2O. The Kier molecular flexibility index (Phi) is 4.33. The fourth-order valence-electron chi connectivity index (χ4n) is 2.52. The average molecular weight is 308 g/mol. The lowest BCUT2D eigenvalue weighted by Gasteiger charge is -2.12. The maximum Gasteiger partial charge on any atom is 0.227 e. The quantitative estimate of drug-likeness (QED) is 0.785. The highest BCUT2D eigenvalue weighted by Crippen LogP contribution is 2.20. The largest absolute Gasteiger partial charge is 0.324 e. The van der Waals surface area contributed by atoms with Crippen LogP contribution in [0.5, 0.6) is 0 Å². The van der Waals surface area contributed by atoms with Crippen LogP contribution >= 0.6 is 0 Å². The van der Waals surface area contributed by atoms with Crippen molar-refractivity contribution in [3.05, 3.63) is 72.2 Å². The molecule has 0 bridgehead atoms. The molecule has 0 aliphatic rings. The number of anilines is 1. The lowest BCUT2D eigenvalue weighted by molar-refractivity contribution is -0.119. The number of pyridine rings is 1. The van der Waals surface area contributed by atoms with Crippen LogP contribution in [0.25, 0.3) is 10.9 Å². The van der Waals surface area contributed by atoms with Gasteiger partial charge in [0, 0.05) is 11.3 Å². The van der Waals surface area contributed by atoms with Gasteiger partial charge in [0.05, 0.1) is 11.9 Å². The third kappa shape index (κ3) is 3.54. The minimum Gasteiger partial charge on any atom is -0.324 e. The van der Waals surface area contributed by atoms with Crippen LogP contribution in [0.15, 0.2) is 60.8 Å². The van der Waals surface area contributed by atoms with Gasteiger partial charge in [0.25, 0.3) is 0 Å². The van der Waals surface area contributed by atoms with Gasteiger partial charge in [0.2, 0.25) is 5.91 Å². The first kappa shape index (κ1) is 15.2. The Bertz CT molecular complexity index is 833. The van der Waals surface area contributed by atoms with Crippen molar-refractivity contribution in [3.63, 3.8) is 0 Å². The number of nitrogens with one attached hydrogen (secondary N) is 1. The van der Waals surface area contributed by atoms with Crippen molar-refractivity contribution in [2.45, 2.75) is 13.3 Å². The predicted octanol–water partition coefficient (Wildman–Crippen LogP) is 4.19. The standard InChI is InChI=1S/C19H17FN2O/c1-13(10-14-6-3-2-4-7-14)19(23)22-16-11-15-8-5-9-17(20)18(15)21-12-16/h2-9,11-13H,10H2,1H3,(H,22,23). The van der Waals surface area contributed by atoms with Crippen molar-refractivity contribution in [1.29, 1.82) is 0 Å². The molecule has 0 saturated carbocycles. The highest BCUT2D eigenvalue weighted by molar-refractivity contribution is 5.94. The zero-order valence-corrected chi connectivity index (χ0v) is 12.8. The number of aromatic nitrogens is 1. The van der Waals surface area contributed by atoms with Crippen LogP contribution in [0.4, 0.5) is 10.1 Å². The van der Waals surface area contributed by atoms with Crippen LogP contribution in [0.3, 0.4) is 0 Å². The van der Waals surface area contributed by atoms with Crippen molar-refractivity contribution in [2.24, 2.45) is 5.92 Å². The Hall–Kier alpha value is -2.75. The van der Waals surface area contributed by atoms with Gasteiger partial charge < -0.3 is 5.32 Å². The van der Waals surface area contributed by atoms with E-state index >= 15 is 0 Å². The molecule has 3 rings (SSSR count). The SMILES string of the molecule is CC(Cc1ccccc1)C(=O)Nc1cnc2c(F)cccc2c1. The van der Waals surface area contributed by atoms with E-state index in [-0.39, 0.29) is 17.6 Å². The number of nitrogens with zero attached hydrogens (tertiary/aromatic N) is 1. The van der Waals surface area contributed by atoms with Crippen molar-refractivity contribution in [1.82, 2.24) is 4.98 Å². The van der Waals surface area contributed by atoms with E-state index in [0.717, 1.165) is 5.56 Å².